The molecule has 2 aromatic rings. The lowest BCUT2D eigenvalue weighted by Gasteiger charge is -2.34. The van der Waals surface area contributed by atoms with Crippen LogP contribution in [0.5, 0.6) is 0 Å². The molecule has 0 bridgehead atoms. The number of thioether (sulfide) groups is 1. The number of anilines is 1. The second kappa shape index (κ2) is 10.0. The van der Waals surface area contributed by atoms with Crippen molar-refractivity contribution in [2.75, 3.05) is 43.8 Å². The highest BCUT2D eigenvalue weighted by Crippen LogP contribution is 2.19. The summed E-state index contributed by atoms with van der Waals surface area (Å²) in [6.07, 6.45) is 0. The zero-order chi connectivity index (χ0) is 21.7. The Kier molecular flexibility index (Phi) is 7.44. The third-order valence-electron chi connectivity index (χ3n) is 5.12. The van der Waals surface area contributed by atoms with Crippen LogP contribution in [0.2, 0.25) is 0 Å². The first-order chi connectivity index (χ1) is 14.3. The number of aryl methyl sites for hydroxylation is 4. The Bertz CT molecular complexity index is 885. The molecule has 3 rings (SSSR count). The second-order valence-electron chi connectivity index (χ2n) is 7.69. The van der Waals surface area contributed by atoms with E-state index in [1.54, 1.807) is 0 Å². The predicted octanol–water partition coefficient (Wildman–Crippen LogP) is 2.59. The number of carbonyl (C=O) groups excluding carboxylic acids is 2. The first kappa shape index (κ1) is 22.2. The van der Waals surface area contributed by atoms with Gasteiger partial charge in [0.05, 0.1) is 12.3 Å². The first-order valence-electron chi connectivity index (χ1n) is 10.1. The normalized spacial score (nSPS) is 14.6. The van der Waals surface area contributed by atoms with E-state index in [0.717, 1.165) is 28.2 Å². The summed E-state index contributed by atoms with van der Waals surface area (Å²) in [4.78, 5) is 37.7. The molecule has 8 heteroatoms. The number of nitrogens with zero attached hydrogens (tertiary/aromatic N) is 4. The summed E-state index contributed by atoms with van der Waals surface area (Å²) in [5.74, 6) is 0.396. The third kappa shape index (κ3) is 6.03. The van der Waals surface area contributed by atoms with Gasteiger partial charge in [-0.2, -0.15) is 0 Å². The zero-order valence-corrected chi connectivity index (χ0v) is 18.9. The molecule has 1 saturated heterocycles. The molecule has 160 valence electrons. The number of nitrogens with one attached hydrogen (secondary N) is 1. The number of rotatable bonds is 6. The van der Waals surface area contributed by atoms with E-state index >= 15 is 0 Å². The van der Waals surface area contributed by atoms with Gasteiger partial charge >= 0.3 is 0 Å². The number of para-hydroxylation sites is 1. The van der Waals surface area contributed by atoms with Crippen molar-refractivity contribution in [3.63, 3.8) is 0 Å². The van der Waals surface area contributed by atoms with Gasteiger partial charge in [-0.1, -0.05) is 30.0 Å². The van der Waals surface area contributed by atoms with Crippen molar-refractivity contribution in [2.45, 2.75) is 32.9 Å². The number of hydrogen-bond donors (Lipinski definition) is 1. The predicted molar refractivity (Wildman–Crippen MR) is 120 cm³/mol. The van der Waals surface area contributed by atoms with Gasteiger partial charge in [0.15, 0.2) is 5.16 Å². The number of amides is 2. The van der Waals surface area contributed by atoms with Crippen LogP contribution in [0.1, 0.15) is 22.5 Å². The first-order valence-corrected chi connectivity index (χ1v) is 11.1. The SMILES string of the molecule is Cc1cc(C)nc(SCC(=O)N2CCN(CC(=O)Nc3c(C)cccc3C)CC2)n1. The minimum absolute atomic E-state index is 0.0188. The molecule has 30 heavy (non-hydrogen) atoms. The van der Waals surface area contributed by atoms with Crippen LogP contribution in [0.4, 0.5) is 5.69 Å². The van der Waals surface area contributed by atoms with Crippen molar-refractivity contribution in [2.24, 2.45) is 0 Å². The topological polar surface area (TPSA) is 78.4 Å². The Morgan fingerprint density at radius 1 is 1.00 bits per heavy atom. The molecule has 0 atom stereocenters. The molecular weight excluding hydrogens is 398 g/mol. The van der Waals surface area contributed by atoms with E-state index in [1.165, 1.54) is 11.8 Å². The molecule has 0 radical (unpaired) electrons. The minimum Gasteiger partial charge on any atom is -0.339 e. The minimum atomic E-state index is -0.0188. The lowest BCUT2D eigenvalue weighted by atomic mass is 10.1. The van der Waals surface area contributed by atoms with Crippen molar-refractivity contribution in [1.82, 2.24) is 19.8 Å². The lowest BCUT2D eigenvalue weighted by Crippen LogP contribution is -2.50. The Hall–Kier alpha value is -2.45. The summed E-state index contributed by atoms with van der Waals surface area (Å²) in [7, 11) is 0. The number of hydrogen-bond acceptors (Lipinski definition) is 6. The smallest absolute Gasteiger partial charge is 0.238 e. The Labute approximate surface area is 182 Å². The highest BCUT2D eigenvalue weighted by molar-refractivity contribution is 7.99. The van der Waals surface area contributed by atoms with Crippen LogP contribution in [0, 0.1) is 27.7 Å². The summed E-state index contributed by atoms with van der Waals surface area (Å²) < 4.78 is 0. The third-order valence-corrected chi connectivity index (χ3v) is 5.96. The Balaban J connectivity index is 1.44. The number of aromatic nitrogens is 2. The fourth-order valence-corrected chi connectivity index (χ4v) is 4.38. The summed E-state index contributed by atoms with van der Waals surface area (Å²) in [5.41, 5.74) is 4.82. The summed E-state index contributed by atoms with van der Waals surface area (Å²) in [6, 6.07) is 7.89. The molecule has 0 unspecified atom stereocenters. The van der Waals surface area contributed by atoms with Crippen LogP contribution in [0.15, 0.2) is 29.4 Å². The zero-order valence-electron chi connectivity index (χ0n) is 18.1. The maximum absolute atomic E-state index is 12.5. The maximum Gasteiger partial charge on any atom is 0.238 e. The van der Waals surface area contributed by atoms with Gasteiger partial charge in [-0.15, -0.1) is 0 Å². The van der Waals surface area contributed by atoms with E-state index in [4.69, 9.17) is 0 Å². The maximum atomic E-state index is 12.5. The molecule has 2 amide bonds. The standard InChI is InChI=1S/C22H29N5O2S/c1-15-6-5-7-16(2)21(15)25-19(28)13-26-8-10-27(11-9-26)20(29)14-30-22-23-17(3)12-18(4)24-22/h5-7,12H,8-11,13-14H2,1-4H3,(H,25,28). The molecule has 1 aromatic carbocycles. The van der Waals surface area contributed by atoms with E-state index in [2.05, 4.69) is 20.2 Å². The van der Waals surface area contributed by atoms with Gasteiger partial charge in [0, 0.05) is 43.3 Å². The largest absolute Gasteiger partial charge is 0.339 e. The van der Waals surface area contributed by atoms with Crippen molar-refractivity contribution in [3.8, 4) is 0 Å². The molecule has 1 N–H and O–H groups in total. The van der Waals surface area contributed by atoms with Crippen LogP contribution in [-0.2, 0) is 9.59 Å². The van der Waals surface area contributed by atoms with Gasteiger partial charge in [0.2, 0.25) is 11.8 Å². The molecule has 2 heterocycles. The Morgan fingerprint density at radius 3 is 2.20 bits per heavy atom. The molecule has 7 nitrogen and oxygen atoms in total. The van der Waals surface area contributed by atoms with Crippen LogP contribution < -0.4 is 5.32 Å². The van der Waals surface area contributed by atoms with Crippen LogP contribution in [0.25, 0.3) is 0 Å². The van der Waals surface area contributed by atoms with Gasteiger partial charge in [0.25, 0.3) is 0 Å². The van der Waals surface area contributed by atoms with Gasteiger partial charge in [-0.3, -0.25) is 14.5 Å². The van der Waals surface area contributed by atoms with Gasteiger partial charge in [-0.25, -0.2) is 9.97 Å². The van der Waals surface area contributed by atoms with E-state index in [1.807, 2.05) is 56.9 Å². The van der Waals surface area contributed by atoms with Crippen LogP contribution >= 0.6 is 11.8 Å². The average Bonchev–Trinajstić information content (AvgIpc) is 2.69. The van der Waals surface area contributed by atoms with Gasteiger partial charge in [-0.05, 0) is 44.9 Å². The van der Waals surface area contributed by atoms with Crippen molar-refractivity contribution in [3.05, 3.63) is 46.8 Å². The van der Waals surface area contributed by atoms with E-state index in [9.17, 15) is 9.59 Å². The molecule has 0 spiro atoms. The number of carbonyl (C=O) groups is 2. The van der Waals surface area contributed by atoms with E-state index < -0.39 is 0 Å². The highest BCUT2D eigenvalue weighted by Gasteiger charge is 2.23. The molecular formula is C22H29N5O2S. The second-order valence-corrected chi connectivity index (χ2v) is 8.64. The van der Waals surface area contributed by atoms with Crippen LogP contribution in [-0.4, -0.2) is 70.1 Å². The monoisotopic (exact) mass is 427 g/mol. The summed E-state index contributed by atoms with van der Waals surface area (Å²) in [5, 5.41) is 3.67. The molecule has 1 aromatic heterocycles. The van der Waals surface area contributed by atoms with Crippen molar-refractivity contribution >= 4 is 29.3 Å². The fourth-order valence-electron chi connectivity index (χ4n) is 3.52. The molecule has 1 fully saturated rings. The Morgan fingerprint density at radius 2 is 1.60 bits per heavy atom. The lowest BCUT2D eigenvalue weighted by molar-refractivity contribution is -0.130. The van der Waals surface area contributed by atoms with Gasteiger partial charge < -0.3 is 10.2 Å². The van der Waals surface area contributed by atoms with Gasteiger partial charge in [0.1, 0.15) is 0 Å². The van der Waals surface area contributed by atoms with Crippen molar-refractivity contribution in [1.29, 1.82) is 0 Å². The quantitative estimate of drug-likeness (QED) is 0.564. The van der Waals surface area contributed by atoms with E-state index in [-0.39, 0.29) is 11.8 Å². The number of benzene rings is 1. The molecule has 1 aliphatic rings. The average molecular weight is 428 g/mol. The molecule has 1 aliphatic heterocycles. The summed E-state index contributed by atoms with van der Waals surface area (Å²) in [6.45, 7) is 10.8. The molecule has 0 saturated carbocycles. The van der Waals surface area contributed by atoms with Crippen molar-refractivity contribution < 1.29 is 9.59 Å². The molecule has 0 aliphatic carbocycles. The fraction of sp³-hybridized carbons (Fsp3) is 0.455. The number of piperazine rings is 1. The van der Waals surface area contributed by atoms with E-state index in [0.29, 0.717) is 43.6 Å². The summed E-state index contributed by atoms with van der Waals surface area (Å²) >= 11 is 1.37. The highest BCUT2D eigenvalue weighted by atomic mass is 32.2. The van der Waals surface area contributed by atoms with Crippen LogP contribution in [0.3, 0.4) is 0 Å².